The molecule has 1 aliphatic heterocycles. The maximum atomic E-state index is 12.7. The Balaban J connectivity index is 2.79. The molecule has 25 heavy (non-hydrogen) atoms. The zero-order chi connectivity index (χ0) is 19.4. The molecule has 1 N–H and O–H groups in total. The van der Waals surface area contributed by atoms with Crippen molar-refractivity contribution in [1.82, 2.24) is 10.2 Å². The van der Waals surface area contributed by atoms with Crippen LogP contribution in [0.4, 0.5) is 4.79 Å². The number of amides is 2. The second kappa shape index (κ2) is 8.55. The predicted molar refractivity (Wildman–Crippen MR) is 93.0 cm³/mol. The summed E-state index contributed by atoms with van der Waals surface area (Å²) in [5, 5.41) is 2.21. The van der Waals surface area contributed by atoms with E-state index in [0.717, 1.165) is 11.8 Å². The first kappa shape index (κ1) is 21.3. The lowest BCUT2D eigenvalue weighted by Crippen LogP contribution is -2.51. The van der Waals surface area contributed by atoms with Crippen molar-refractivity contribution in [3.63, 3.8) is 0 Å². The minimum absolute atomic E-state index is 0.0807. The van der Waals surface area contributed by atoms with Crippen LogP contribution >= 0.6 is 11.8 Å². The van der Waals surface area contributed by atoms with Crippen molar-refractivity contribution >= 4 is 34.8 Å². The highest BCUT2D eigenvalue weighted by molar-refractivity contribution is 8.14. The van der Waals surface area contributed by atoms with Crippen molar-refractivity contribution in [1.29, 1.82) is 0 Å². The molecule has 0 spiro atoms. The Bertz CT molecular complexity index is 545. The van der Waals surface area contributed by atoms with Crippen molar-refractivity contribution in [2.45, 2.75) is 64.0 Å². The lowest BCUT2D eigenvalue weighted by Gasteiger charge is -2.27. The van der Waals surface area contributed by atoms with Gasteiger partial charge in [-0.05, 0) is 34.1 Å². The zero-order valence-electron chi connectivity index (χ0n) is 15.5. The first-order valence-electron chi connectivity index (χ1n) is 7.99. The average molecular weight is 374 g/mol. The number of methoxy groups -OCH3 is 1. The van der Waals surface area contributed by atoms with Crippen LogP contribution in [-0.2, 0) is 23.9 Å². The van der Waals surface area contributed by atoms with Gasteiger partial charge in [-0.15, -0.1) is 0 Å². The lowest BCUT2D eigenvalue weighted by molar-refractivity contribution is -0.151. The van der Waals surface area contributed by atoms with Crippen LogP contribution in [0.3, 0.4) is 0 Å². The highest BCUT2D eigenvalue weighted by Crippen LogP contribution is 2.29. The van der Waals surface area contributed by atoms with Gasteiger partial charge < -0.3 is 19.7 Å². The topological polar surface area (TPSA) is 102 Å². The van der Waals surface area contributed by atoms with Gasteiger partial charge in [0.2, 0.25) is 5.91 Å². The van der Waals surface area contributed by atoms with Gasteiger partial charge in [-0.1, -0.05) is 11.8 Å². The Morgan fingerprint density at radius 3 is 2.32 bits per heavy atom. The normalized spacial score (nSPS) is 21.4. The first-order valence-corrected chi connectivity index (χ1v) is 8.87. The molecule has 3 atom stereocenters. The molecule has 0 bridgehead atoms. The minimum Gasteiger partial charge on any atom is -0.467 e. The number of nitrogens with one attached hydrogen (secondary N) is 1. The third-order valence-corrected chi connectivity index (χ3v) is 4.46. The van der Waals surface area contributed by atoms with E-state index >= 15 is 0 Å². The van der Waals surface area contributed by atoms with Crippen LogP contribution in [0.1, 0.15) is 41.0 Å². The van der Waals surface area contributed by atoms with Crippen LogP contribution in [0.25, 0.3) is 0 Å². The van der Waals surface area contributed by atoms with Crippen molar-refractivity contribution in [2.24, 2.45) is 0 Å². The van der Waals surface area contributed by atoms with E-state index in [0.29, 0.717) is 6.42 Å². The number of rotatable bonds is 4. The van der Waals surface area contributed by atoms with Gasteiger partial charge >= 0.3 is 12.1 Å². The number of ether oxygens (including phenoxy) is 2. The Kier molecular flexibility index (Phi) is 7.28. The molecule has 142 valence electrons. The molecular formula is C16H26N2O6S. The summed E-state index contributed by atoms with van der Waals surface area (Å²) in [7, 11) is 1.25. The third-order valence-electron chi connectivity index (χ3n) is 3.46. The Labute approximate surface area is 152 Å². The summed E-state index contributed by atoms with van der Waals surface area (Å²) in [6.07, 6.45) is -0.376. The van der Waals surface area contributed by atoms with E-state index in [1.807, 2.05) is 0 Å². The van der Waals surface area contributed by atoms with Gasteiger partial charge in [0.1, 0.15) is 17.7 Å². The number of esters is 1. The number of carbonyl (C=O) groups excluding carboxylic acids is 4. The third kappa shape index (κ3) is 6.56. The van der Waals surface area contributed by atoms with Crippen LogP contribution in [0.15, 0.2) is 0 Å². The molecule has 9 heteroatoms. The molecule has 0 unspecified atom stereocenters. The summed E-state index contributed by atoms with van der Waals surface area (Å²) in [5.41, 5.74) is -0.682. The Morgan fingerprint density at radius 2 is 1.84 bits per heavy atom. The number of carbonyl (C=O) groups is 4. The molecule has 2 amide bonds. The van der Waals surface area contributed by atoms with E-state index < -0.39 is 35.7 Å². The molecule has 0 aromatic heterocycles. The predicted octanol–water partition coefficient (Wildman–Crippen LogP) is 1.32. The van der Waals surface area contributed by atoms with E-state index in [-0.39, 0.29) is 16.9 Å². The van der Waals surface area contributed by atoms with E-state index in [2.05, 4.69) is 5.32 Å². The van der Waals surface area contributed by atoms with Crippen molar-refractivity contribution < 1.29 is 28.7 Å². The van der Waals surface area contributed by atoms with E-state index in [4.69, 9.17) is 9.47 Å². The SMILES string of the molecule is COC(=O)[C@@H]1C[C@H](SC(C)=O)CN1C(=O)[C@@H](C)NC(=O)OC(C)(C)C. The van der Waals surface area contributed by atoms with Gasteiger partial charge in [0.25, 0.3) is 0 Å². The first-order chi connectivity index (χ1) is 11.4. The molecule has 1 aliphatic rings. The number of thioether (sulfide) groups is 1. The van der Waals surface area contributed by atoms with Crippen LogP contribution in [0.5, 0.6) is 0 Å². The molecule has 8 nitrogen and oxygen atoms in total. The van der Waals surface area contributed by atoms with Gasteiger partial charge in [0.15, 0.2) is 5.12 Å². The van der Waals surface area contributed by atoms with Crippen LogP contribution < -0.4 is 5.32 Å². The number of likely N-dealkylation sites (tertiary alicyclic amines) is 1. The Morgan fingerprint density at radius 1 is 1.24 bits per heavy atom. The van der Waals surface area contributed by atoms with Crippen LogP contribution in [0, 0.1) is 0 Å². The summed E-state index contributed by atoms with van der Waals surface area (Å²) in [6.45, 7) is 8.35. The molecule has 0 aromatic rings. The number of hydrogen-bond acceptors (Lipinski definition) is 7. The molecular weight excluding hydrogens is 348 g/mol. The van der Waals surface area contributed by atoms with Gasteiger partial charge in [-0.3, -0.25) is 9.59 Å². The van der Waals surface area contributed by atoms with Gasteiger partial charge in [0, 0.05) is 18.7 Å². The van der Waals surface area contributed by atoms with Crippen molar-refractivity contribution in [2.75, 3.05) is 13.7 Å². The van der Waals surface area contributed by atoms with Gasteiger partial charge in [-0.2, -0.15) is 0 Å². The molecule has 0 aliphatic carbocycles. The average Bonchev–Trinajstić information content (AvgIpc) is 2.86. The fourth-order valence-corrected chi connectivity index (χ4v) is 3.50. The van der Waals surface area contributed by atoms with E-state index in [1.54, 1.807) is 20.8 Å². The van der Waals surface area contributed by atoms with Gasteiger partial charge in [0.05, 0.1) is 7.11 Å². The number of alkyl carbamates (subject to hydrolysis) is 1. The second-order valence-electron chi connectivity index (χ2n) is 6.86. The molecule has 1 rings (SSSR count). The number of hydrogen-bond donors (Lipinski definition) is 1. The fourth-order valence-electron chi connectivity index (χ4n) is 2.52. The number of nitrogens with zero attached hydrogens (tertiary/aromatic N) is 1. The molecule has 0 radical (unpaired) electrons. The summed E-state index contributed by atoms with van der Waals surface area (Å²) in [5.74, 6) is -0.961. The molecule has 0 aromatic carbocycles. The fraction of sp³-hybridized carbons (Fsp3) is 0.750. The highest BCUT2D eigenvalue weighted by Gasteiger charge is 2.42. The largest absolute Gasteiger partial charge is 0.467 e. The highest BCUT2D eigenvalue weighted by atomic mass is 32.2. The lowest BCUT2D eigenvalue weighted by atomic mass is 10.2. The van der Waals surface area contributed by atoms with Gasteiger partial charge in [-0.25, -0.2) is 9.59 Å². The Hall–Kier alpha value is -1.77. The summed E-state index contributed by atoms with van der Waals surface area (Å²) >= 11 is 1.10. The van der Waals surface area contributed by atoms with Crippen molar-refractivity contribution in [3.8, 4) is 0 Å². The van der Waals surface area contributed by atoms with E-state index in [9.17, 15) is 19.2 Å². The summed E-state index contributed by atoms with van der Waals surface area (Å²) < 4.78 is 9.88. The monoisotopic (exact) mass is 374 g/mol. The summed E-state index contributed by atoms with van der Waals surface area (Å²) in [4.78, 5) is 49.1. The van der Waals surface area contributed by atoms with Crippen LogP contribution in [0.2, 0.25) is 0 Å². The van der Waals surface area contributed by atoms with Crippen LogP contribution in [-0.4, -0.2) is 64.6 Å². The molecule has 1 heterocycles. The smallest absolute Gasteiger partial charge is 0.408 e. The maximum Gasteiger partial charge on any atom is 0.408 e. The molecule has 1 saturated heterocycles. The quantitative estimate of drug-likeness (QED) is 0.741. The second-order valence-corrected chi connectivity index (χ2v) is 8.34. The molecule has 0 saturated carbocycles. The van der Waals surface area contributed by atoms with Crippen molar-refractivity contribution in [3.05, 3.63) is 0 Å². The maximum absolute atomic E-state index is 12.7. The zero-order valence-corrected chi connectivity index (χ0v) is 16.3. The molecule has 1 fully saturated rings. The summed E-state index contributed by atoms with van der Waals surface area (Å²) in [6, 6.07) is -1.64. The van der Waals surface area contributed by atoms with E-state index in [1.165, 1.54) is 25.9 Å². The standard InChI is InChI=1S/C16H26N2O6S/c1-9(17-15(22)24-16(3,4)5)13(20)18-8-11(25-10(2)19)7-12(18)14(21)23-6/h9,11-12H,7-8H2,1-6H3,(H,17,22)/t9-,11+,12+/m1/s1. The minimum atomic E-state index is -0.872.